The number of hydrogen-bond acceptors (Lipinski definition) is 5. The van der Waals surface area contributed by atoms with Crippen LogP contribution in [0, 0.1) is 0 Å². The Morgan fingerprint density at radius 2 is 1.56 bits per heavy atom. The highest BCUT2D eigenvalue weighted by atomic mass is 32.2. The van der Waals surface area contributed by atoms with E-state index in [-0.39, 0.29) is 23.0 Å². The SMILES string of the molecule is CC(NC(=O)COC(=O)c1cccc(S(=O)(=O)NCc2ccccc2)c1)c1ccccc1. The molecule has 0 aromatic heterocycles. The van der Waals surface area contributed by atoms with Gasteiger partial charge in [-0.05, 0) is 36.2 Å². The second-order valence-corrected chi connectivity index (χ2v) is 8.88. The van der Waals surface area contributed by atoms with Crippen LogP contribution in [0.2, 0.25) is 0 Å². The molecule has 1 atom stereocenters. The molecule has 166 valence electrons. The van der Waals surface area contributed by atoms with Gasteiger partial charge in [-0.1, -0.05) is 66.7 Å². The standard InChI is InChI=1S/C24H24N2O5S/c1-18(20-11-6-3-7-12-20)26-23(27)17-31-24(28)21-13-8-14-22(15-21)32(29,30)25-16-19-9-4-2-5-10-19/h2-15,18,25H,16-17H2,1H3,(H,26,27). The molecule has 0 saturated carbocycles. The molecule has 0 fully saturated rings. The molecule has 32 heavy (non-hydrogen) atoms. The Morgan fingerprint density at radius 3 is 2.25 bits per heavy atom. The third-order valence-electron chi connectivity index (χ3n) is 4.70. The number of ether oxygens (including phenoxy) is 1. The van der Waals surface area contributed by atoms with Crippen LogP contribution in [0.5, 0.6) is 0 Å². The van der Waals surface area contributed by atoms with Crippen LogP contribution in [0.4, 0.5) is 0 Å². The van der Waals surface area contributed by atoms with E-state index in [1.807, 2.05) is 55.5 Å². The number of nitrogens with one attached hydrogen (secondary N) is 2. The van der Waals surface area contributed by atoms with Crippen LogP contribution in [-0.4, -0.2) is 26.9 Å². The molecule has 0 bridgehead atoms. The van der Waals surface area contributed by atoms with E-state index in [1.54, 1.807) is 12.1 Å². The number of rotatable bonds is 9. The van der Waals surface area contributed by atoms with E-state index in [0.29, 0.717) is 0 Å². The third-order valence-corrected chi connectivity index (χ3v) is 6.10. The summed E-state index contributed by atoms with van der Waals surface area (Å²) in [5.74, 6) is -1.24. The van der Waals surface area contributed by atoms with Crippen molar-refractivity contribution in [1.82, 2.24) is 10.0 Å². The zero-order valence-electron chi connectivity index (χ0n) is 17.5. The Morgan fingerprint density at radius 1 is 0.906 bits per heavy atom. The Balaban J connectivity index is 1.57. The summed E-state index contributed by atoms with van der Waals surface area (Å²) in [5.41, 5.74) is 1.77. The number of esters is 1. The van der Waals surface area contributed by atoms with Crippen LogP contribution in [0.1, 0.15) is 34.5 Å². The van der Waals surface area contributed by atoms with E-state index in [0.717, 1.165) is 11.1 Å². The molecule has 0 spiro atoms. The predicted molar refractivity (Wildman–Crippen MR) is 120 cm³/mol. The Kier molecular flexibility index (Phi) is 7.75. The second kappa shape index (κ2) is 10.7. The molecular weight excluding hydrogens is 428 g/mol. The van der Waals surface area contributed by atoms with Crippen LogP contribution in [-0.2, 0) is 26.1 Å². The summed E-state index contributed by atoms with van der Waals surface area (Å²) in [7, 11) is -3.83. The van der Waals surface area contributed by atoms with Crippen molar-refractivity contribution in [2.45, 2.75) is 24.4 Å². The molecule has 0 aliphatic heterocycles. The van der Waals surface area contributed by atoms with Gasteiger partial charge in [-0.3, -0.25) is 4.79 Å². The lowest BCUT2D eigenvalue weighted by Crippen LogP contribution is -2.31. The highest BCUT2D eigenvalue weighted by Crippen LogP contribution is 2.14. The minimum atomic E-state index is -3.83. The van der Waals surface area contributed by atoms with Gasteiger partial charge < -0.3 is 10.1 Å². The zero-order valence-corrected chi connectivity index (χ0v) is 18.3. The van der Waals surface area contributed by atoms with Crippen LogP contribution < -0.4 is 10.0 Å². The molecule has 0 aliphatic rings. The first-order valence-corrected chi connectivity index (χ1v) is 11.5. The molecular formula is C24H24N2O5S. The van der Waals surface area contributed by atoms with Gasteiger partial charge >= 0.3 is 5.97 Å². The molecule has 8 heteroatoms. The first-order chi connectivity index (χ1) is 15.3. The highest BCUT2D eigenvalue weighted by molar-refractivity contribution is 7.89. The van der Waals surface area contributed by atoms with Crippen LogP contribution in [0.25, 0.3) is 0 Å². The number of benzene rings is 3. The summed E-state index contributed by atoms with van der Waals surface area (Å²) >= 11 is 0. The number of carbonyl (C=O) groups is 2. The first-order valence-electron chi connectivity index (χ1n) is 10.0. The molecule has 7 nitrogen and oxygen atoms in total. The molecule has 0 aliphatic carbocycles. The molecule has 3 aromatic rings. The fourth-order valence-electron chi connectivity index (χ4n) is 2.97. The Hall–Kier alpha value is -3.49. The minimum Gasteiger partial charge on any atom is -0.452 e. The molecule has 0 heterocycles. The van der Waals surface area contributed by atoms with Crippen LogP contribution in [0.15, 0.2) is 89.8 Å². The van der Waals surface area contributed by atoms with Crippen molar-refractivity contribution in [1.29, 1.82) is 0 Å². The molecule has 0 radical (unpaired) electrons. The van der Waals surface area contributed by atoms with Gasteiger partial charge in [-0.15, -0.1) is 0 Å². The van der Waals surface area contributed by atoms with Crippen molar-refractivity contribution >= 4 is 21.9 Å². The summed E-state index contributed by atoms with van der Waals surface area (Å²) in [6, 6.07) is 23.7. The fourth-order valence-corrected chi connectivity index (χ4v) is 4.03. The van der Waals surface area contributed by atoms with Crippen molar-refractivity contribution in [3.05, 3.63) is 102 Å². The van der Waals surface area contributed by atoms with Gasteiger partial charge in [-0.2, -0.15) is 0 Å². The van der Waals surface area contributed by atoms with Gasteiger partial charge in [0, 0.05) is 6.54 Å². The fraction of sp³-hybridized carbons (Fsp3) is 0.167. The van der Waals surface area contributed by atoms with Gasteiger partial charge in [0.2, 0.25) is 10.0 Å². The van der Waals surface area contributed by atoms with E-state index in [2.05, 4.69) is 10.0 Å². The van der Waals surface area contributed by atoms with Crippen molar-refractivity contribution in [2.24, 2.45) is 0 Å². The second-order valence-electron chi connectivity index (χ2n) is 7.11. The molecule has 3 aromatic carbocycles. The maximum atomic E-state index is 12.6. The minimum absolute atomic E-state index is 0.0384. The number of sulfonamides is 1. The van der Waals surface area contributed by atoms with E-state index >= 15 is 0 Å². The van der Waals surface area contributed by atoms with E-state index in [1.165, 1.54) is 24.3 Å². The molecule has 1 unspecified atom stereocenters. The smallest absolute Gasteiger partial charge is 0.338 e. The molecule has 2 N–H and O–H groups in total. The van der Waals surface area contributed by atoms with Gasteiger partial charge in [0.25, 0.3) is 5.91 Å². The van der Waals surface area contributed by atoms with Crippen molar-refractivity contribution in [2.75, 3.05) is 6.61 Å². The molecule has 3 rings (SSSR count). The summed E-state index contributed by atoms with van der Waals surface area (Å²) in [6.07, 6.45) is 0. The van der Waals surface area contributed by atoms with Gasteiger partial charge in [-0.25, -0.2) is 17.9 Å². The molecule has 1 amide bonds. The lowest BCUT2D eigenvalue weighted by atomic mass is 10.1. The van der Waals surface area contributed by atoms with E-state index in [4.69, 9.17) is 4.74 Å². The summed E-state index contributed by atoms with van der Waals surface area (Å²) in [6.45, 7) is 1.47. The average Bonchev–Trinajstić information content (AvgIpc) is 2.82. The first kappa shape index (κ1) is 23.2. The lowest BCUT2D eigenvalue weighted by Gasteiger charge is -2.14. The average molecular weight is 453 g/mol. The van der Waals surface area contributed by atoms with Crippen molar-refractivity contribution in [3.63, 3.8) is 0 Å². The zero-order chi connectivity index (χ0) is 23.0. The van der Waals surface area contributed by atoms with Crippen LogP contribution in [0.3, 0.4) is 0 Å². The lowest BCUT2D eigenvalue weighted by molar-refractivity contribution is -0.124. The number of carbonyl (C=O) groups excluding carboxylic acids is 2. The summed E-state index contributed by atoms with van der Waals surface area (Å²) < 4.78 is 32.7. The molecule has 0 saturated heterocycles. The van der Waals surface area contributed by atoms with Crippen molar-refractivity contribution in [3.8, 4) is 0 Å². The number of hydrogen-bond donors (Lipinski definition) is 2. The number of amides is 1. The predicted octanol–water partition coefficient (Wildman–Crippen LogP) is 3.20. The monoisotopic (exact) mass is 452 g/mol. The normalized spacial score (nSPS) is 12.0. The Bertz CT molecular complexity index is 1170. The van der Waals surface area contributed by atoms with Gasteiger partial charge in [0.1, 0.15) is 0 Å². The largest absolute Gasteiger partial charge is 0.452 e. The maximum absolute atomic E-state index is 12.6. The Labute approximate surface area is 187 Å². The summed E-state index contributed by atoms with van der Waals surface area (Å²) in [4.78, 5) is 24.4. The highest BCUT2D eigenvalue weighted by Gasteiger charge is 2.18. The van der Waals surface area contributed by atoms with E-state index in [9.17, 15) is 18.0 Å². The van der Waals surface area contributed by atoms with Gasteiger partial charge in [0.15, 0.2) is 6.61 Å². The third kappa shape index (κ3) is 6.50. The quantitative estimate of drug-likeness (QED) is 0.486. The maximum Gasteiger partial charge on any atom is 0.338 e. The van der Waals surface area contributed by atoms with Gasteiger partial charge in [0.05, 0.1) is 16.5 Å². The summed E-state index contributed by atoms with van der Waals surface area (Å²) in [5, 5.41) is 2.75. The van der Waals surface area contributed by atoms with Crippen molar-refractivity contribution < 1.29 is 22.7 Å². The topological polar surface area (TPSA) is 102 Å². The van der Waals surface area contributed by atoms with E-state index < -0.39 is 28.5 Å². The van der Waals surface area contributed by atoms with Crippen LogP contribution >= 0.6 is 0 Å².